The number of nitrogens with zero attached hydrogens (tertiary/aromatic N) is 2. The second-order valence-corrected chi connectivity index (χ2v) is 6.76. The lowest BCUT2D eigenvalue weighted by atomic mass is 10.1. The first-order valence-corrected chi connectivity index (χ1v) is 9.05. The summed E-state index contributed by atoms with van der Waals surface area (Å²) in [5.74, 6) is 1.32. The molecule has 6 nitrogen and oxygen atoms in total. The van der Waals surface area contributed by atoms with E-state index < -0.39 is 0 Å². The van der Waals surface area contributed by atoms with Crippen molar-refractivity contribution in [1.29, 1.82) is 0 Å². The van der Waals surface area contributed by atoms with Crippen molar-refractivity contribution in [3.8, 4) is 5.75 Å². The summed E-state index contributed by atoms with van der Waals surface area (Å²) in [4.78, 5) is 29.9. The molecule has 4 rings (SSSR count). The molecule has 1 atom stereocenters. The number of rotatable bonds is 4. The number of hydrogen-bond acceptors (Lipinski definition) is 4. The Morgan fingerprint density at radius 3 is 2.89 bits per heavy atom. The summed E-state index contributed by atoms with van der Waals surface area (Å²) in [6, 6.07) is 12.4. The molecule has 27 heavy (non-hydrogen) atoms. The third-order valence-electron chi connectivity index (χ3n) is 5.03. The van der Waals surface area contributed by atoms with Gasteiger partial charge in [-0.25, -0.2) is 4.98 Å². The molecule has 138 valence electrons. The fraction of sp³-hybridized carbons (Fsp3) is 0.286. The first-order chi connectivity index (χ1) is 13.1. The van der Waals surface area contributed by atoms with Gasteiger partial charge in [-0.1, -0.05) is 18.2 Å². The lowest BCUT2D eigenvalue weighted by Gasteiger charge is -2.17. The third-order valence-corrected chi connectivity index (χ3v) is 5.03. The molecule has 0 saturated carbocycles. The summed E-state index contributed by atoms with van der Waals surface area (Å²) in [6.45, 7) is 2.63. The number of methoxy groups -OCH3 is 1. The second kappa shape index (κ2) is 6.87. The fourth-order valence-electron chi connectivity index (χ4n) is 3.61. The lowest BCUT2D eigenvalue weighted by molar-refractivity contribution is 0.0939. The van der Waals surface area contributed by atoms with Gasteiger partial charge >= 0.3 is 0 Å². The van der Waals surface area contributed by atoms with Gasteiger partial charge in [-0.3, -0.25) is 14.2 Å². The molecule has 0 spiro atoms. The molecule has 1 unspecified atom stereocenters. The zero-order chi connectivity index (χ0) is 19.0. The monoisotopic (exact) mass is 363 g/mol. The van der Waals surface area contributed by atoms with Crippen molar-refractivity contribution < 1.29 is 9.53 Å². The van der Waals surface area contributed by atoms with Gasteiger partial charge in [0.2, 0.25) is 0 Å². The zero-order valence-corrected chi connectivity index (χ0v) is 15.4. The van der Waals surface area contributed by atoms with E-state index in [0.717, 1.165) is 36.5 Å². The van der Waals surface area contributed by atoms with Crippen LogP contribution in [0.25, 0.3) is 10.9 Å². The molecule has 0 radical (unpaired) electrons. The van der Waals surface area contributed by atoms with Crippen LogP contribution < -0.4 is 15.6 Å². The number of carbonyl (C=O) groups is 1. The molecule has 1 aromatic heterocycles. The molecule has 1 aliphatic heterocycles. The van der Waals surface area contributed by atoms with Gasteiger partial charge in [0.15, 0.2) is 0 Å². The van der Waals surface area contributed by atoms with E-state index in [2.05, 4.69) is 10.3 Å². The minimum Gasteiger partial charge on any atom is -0.496 e. The van der Waals surface area contributed by atoms with Crippen LogP contribution in [0.1, 0.15) is 41.1 Å². The Morgan fingerprint density at radius 2 is 2.07 bits per heavy atom. The van der Waals surface area contributed by atoms with Crippen molar-refractivity contribution >= 4 is 16.8 Å². The van der Waals surface area contributed by atoms with Crippen LogP contribution in [0.4, 0.5) is 0 Å². The number of nitrogens with one attached hydrogen (secondary N) is 1. The summed E-state index contributed by atoms with van der Waals surface area (Å²) in [7, 11) is 1.61. The van der Waals surface area contributed by atoms with Gasteiger partial charge in [0, 0.05) is 24.1 Å². The maximum atomic E-state index is 12.7. The van der Waals surface area contributed by atoms with Gasteiger partial charge in [0.05, 0.1) is 24.1 Å². The van der Waals surface area contributed by atoms with Gasteiger partial charge < -0.3 is 10.1 Å². The van der Waals surface area contributed by atoms with E-state index in [1.807, 2.05) is 31.2 Å². The molecule has 6 heteroatoms. The Balaban J connectivity index is 1.63. The van der Waals surface area contributed by atoms with Crippen LogP contribution >= 0.6 is 0 Å². The van der Waals surface area contributed by atoms with Crippen LogP contribution in [0, 0.1) is 0 Å². The van der Waals surface area contributed by atoms with Crippen LogP contribution in [0.15, 0.2) is 47.3 Å². The van der Waals surface area contributed by atoms with Crippen LogP contribution in [-0.4, -0.2) is 22.6 Å². The van der Waals surface area contributed by atoms with Crippen LogP contribution in [-0.2, 0) is 13.0 Å². The summed E-state index contributed by atoms with van der Waals surface area (Å²) in [6.07, 6.45) is 1.73. The number of aromatic nitrogens is 2. The van der Waals surface area contributed by atoms with E-state index in [-0.39, 0.29) is 17.5 Å². The van der Waals surface area contributed by atoms with E-state index in [4.69, 9.17) is 4.74 Å². The number of para-hydroxylation sites is 1. The Hall–Kier alpha value is -3.15. The van der Waals surface area contributed by atoms with E-state index in [1.165, 1.54) is 0 Å². The number of aryl methyl sites for hydroxylation is 1. The highest BCUT2D eigenvalue weighted by Crippen LogP contribution is 2.25. The van der Waals surface area contributed by atoms with E-state index in [1.54, 1.807) is 29.9 Å². The Bertz CT molecular complexity index is 1090. The molecule has 3 aromatic rings. The summed E-state index contributed by atoms with van der Waals surface area (Å²) < 4.78 is 7.10. The quantitative estimate of drug-likeness (QED) is 0.774. The molecule has 2 heterocycles. The predicted molar refractivity (Wildman–Crippen MR) is 103 cm³/mol. The second-order valence-electron chi connectivity index (χ2n) is 6.76. The van der Waals surface area contributed by atoms with Crippen molar-refractivity contribution in [2.45, 2.75) is 32.4 Å². The highest BCUT2D eigenvalue weighted by atomic mass is 16.5. The normalized spacial score (nSPS) is 14.0. The number of carbonyl (C=O) groups excluding carboxylic acids is 1. The molecule has 1 aliphatic rings. The molecular weight excluding hydrogens is 342 g/mol. The van der Waals surface area contributed by atoms with Crippen molar-refractivity contribution in [2.75, 3.05) is 7.11 Å². The molecule has 0 saturated heterocycles. The van der Waals surface area contributed by atoms with Crippen molar-refractivity contribution in [2.24, 2.45) is 0 Å². The van der Waals surface area contributed by atoms with Crippen LogP contribution in [0.3, 0.4) is 0 Å². The molecular formula is C21H21N3O3. The minimum absolute atomic E-state index is 0.0261. The predicted octanol–water partition coefficient (Wildman–Crippen LogP) is 2.84. The summed E-state index contributed by atoms with van der Waals surface area (Å²) in [5, 5.41) is 3.54. The van der Waals surface area contributed by atoms with Gasteiger partial charge in [0.25, 0.3) is 11.5 Å². The minimum atomic E-state index is -0.219. The standard InChI is InChI=1S/C21H21N3O3/c1-13(15-6-3-4-7-18(15)27-2)22-20(25)14-9-10-16-17(12-14)23-19-8-5-11-24(19)21(16)26/h3-4,6-7,9-10,12-13H,5,8,11H2,1-2H3,(H,22,25). The van der Waals surface area contributed by atoms with Gasteiger partial charge in [-0.05, 0) is 37.6 Å². The average Bonchev–Trinajstić information content (AvgIpc) is 3.16. The number of ether oxygens (including phenoxy) is 1. The lowest BCUT2D eigenvalue weighted by Crippen LogP contribution is -2.27. The highest BCUT2D eigenvalue weighted by molar-refractivity contribution is 5.97. The van der Waals surface area contributed by atoms with E-state index in [0.29, 0.717) is 16.5 Å². The van der Waals surface area contributed by atoms with E-state index >= 15 is 0 Å². The largest absolute Gasteiger partial charge is 0.496 e. The van der Waals surface area contributed by atoms with Crippen molar-refractivity contribution in [1.82, 2.24) is 14.9 Å². The molecule has 2 aromatic carbocycles. The van der Waals surface area contributed by atoms with Gasteiger partial charge in [0.1, 0.15) is 11.6 Å². The van der Waals surface area contributed by atoms with Crippen LogP contribution in [0.5, 0.6) is 5.75 Å². The molecule has 1 N–H and O–H groups in total. The SMILES string of the molecule is COc1ccccc1C(C)NC(=O)c1ccc2c(=O)n3c(nc2c1)CCC3. The number of amides is 1. The Labute approximate surface area is 156 Å². The van der Waals surface area contributed by atoms with Crippen LogP contribution in [0.2, 0.25) is 0 Å². The Morgan fingerprint density at radius 1 is 1.26 bits per heavy atom. The smallest absolute Gasteiger partial charge is 0.261 e. The first-order valence-electron chi connectivity index (χ1n) is 9.05. The van der Waals surface area contributed by atoms with Crippen molar-refractivity contribution in [3.63, 3.8) is 0 Å². The van der Waals surface area contributed by atoms with Crippen molar-refractivity contribution in [3.05, 3.63) is 69.8 Å². The fourth-order valence-corrected chi connectivity index (χ4v) is 3.61. The number of benzene rings is 2. The summed E-state index contributed by atoms with van der Waals surface area (Å²) in [5.41, 5.74) is 1.94. The molecule has 0 bridgehead atoms. The summed E-state index contributed by atoms with van der Waals surface area (Å²) >= 11 is 0. The average molecular weight is 363 g/mol. The maximum absolute atomic E-state index is 12.7. The molecule has 1 amide bonds. The molecule has 0 fully saturated rings. The van der Waals surface area contributed by atoms with Gasteiger partial charge in [-0.15, -0.1) is 0 Å². The highest BCUT2D eigenvalue weighted by Gasteiger charge is 2.18. The zero-order valence-electron chi connectivity index (χ0n) is 15.4. The number of fused-ring (bicyclic) bond motifs is 2. The third kappa shape index (κ3) is 3.07. The number of hydrogen-bond donors (Lipinski definition) is 1. The first kappa shape index (κ1) is 17.3. The maximum Gasteiger partial charge on any atom is 0.261 e. The topological polar surface area (TPSA) is 73.2 Å². The Kier molecular flexibility index (Phi) is 4.39. The van der Waals surface area contributed by atoms with E-state index in [9.17, 15) is 9.59 Å². The van der Waals surface area contributed by atoms with Gasteiger partial charge in [-0.2, -0.15) is 0 Å². The molecule has 0 aliphatic carbocycles.